The van der Waals surface area contributed by atoms with Gasteiger partial charge >= 0.3 is 0 Å². The number of amides is 1. The largest absolute Gasteiger partial charge is 0.390 e. The Balaban J connectivity index is 1.56. The second kappa shape index (κ2) is 12.2. The van der Waals surface area contributed by atoms with Crippen LogP contribution in [0.3, 0.4) is 0 Å². The number of benzene rings is 2. The fourth-order valence-corrected chi connectivity index (χ4v) is 5.33. The molecule has 198 valence electrons. The molecule has 0 radical (unpaired) electrons. The van der Waals surface area contributed by atoms with Crippen molar-refractivity contribution < 1.29 is 18.7 Å². The van der Waals surface area contributed by atoms with E-state index < -0.39 is 29.3 Å². The molecule has 2 unspecified atom stereocenters. The number of carbonyl (C=O) groups excluding carboxylic acids is 1. The SMILES string of the molecule is CC(=O)NC(Cc1cc(F)cc(F)c1)C(O)CNC1(c2cccc(-c3cc(C#N)ccn3)c2)CCCCC1. The molecule has 0 bridgehead atoms. The summed E-state index contributed by atoms with van der Waals surface area (Å²) in [7, 11) is 0. The minimum atomic E-state index is -0.999. The third kappa shape index (κ3) is 6.80. The maximum atomic E-state index is 13.7. The molecule has 1 fully saturated rings. The van der Waals surface area contributed by atoms with Crippen LogP contribution < -0.4 is 10.6 Å². The molecule has 1 heterocycles. The number of halogens is 2. The van der Waals surface area contributed by atoms with Crippen molar-refractivity contribution in [3.8, 4) is 17.3 Å². The van der Waals surface area contributed by atoms with Gasteiger partial charge in [0.15, 0.2) is 0 Å². The number of aliphatic hydroxyl groups is 1. The Kier molecular flexibility index (Phi) is 8.82. The first-order valence-electron chi connectivity index (χ1n) is 12.9. The summed E-state index contributed by atoms with van der Waals surface area (Å²) in [6.07, 6.45) is 5.61. The number of nitrogens with zero attached hydrogens (tertiary/aromatic N) is 2. The molecule has 3 N–H and O–H groups in total. The third-order valence-corrected chi connectivity index (χ3v) is 7.19. The standard InChI is InChI=1S/C30H32F2N4O2/c1-20(37)36-28(15-22-12-25(31)17-26(32)13-22)29(38)19-35-30(9-3-2-4-10-30)24-7-5-6-23(16-24)27-14-21(18-33)8-11-34-27/h5-8,11-14,16-17,28-29,35,38H,2-4,9-10,15,19H2,1H3,(H,36,37). The number of aromatic nitrogens is 1. The molecule has 0 spiro atoms. The van der Waals surface area contributed by atoms with E-state index in [1.807, 2.05) is 12.1 Å². The summed E-state index contributed by atoms with van der Waals surface area (Å²) in [6, 6.07) is 16.1. The van der Waals surface area contributed by atoms with Crippen molar-refractivity contribution >= 4 is 5.91 Å². The van der Waals surface area contributed by atoms with Gasteiger partial charge in [0.05, 0.1) is 29.5 Å². The number of nitrogens with one attached hydrogen (secondary N) is 2. The molecule has 4 rings (SSSR count). The first-order valence-corrected chi connectivity index (χ1v) is 12.9. The maximum Gasteiger partial charge on any atom is 0.217 e. The molecule has 2 aromatic carbocycles. The lowest BCUT2D eigenvalue weighted by molar-refractivity contribution is -0.120. The lowest BCUT2D eigenvalue weighted by atomic mass is 9.76. The van der Waals surface area contributed by atoms with Crippen molar-refractivity contribution in [2.24, 2.45) is 0 Å². The second-order valence-electron chi connectivity index (χ2n) is 10.0. The molecule has 1 amide bonds. The number of hydrogen-bond donors (Lipinski definition) is 3. The Morgan fingerprint density at radius 3 is 2.53 bits per heavy atom. The summed E-state index contributed by atoms with van der Waals surface area (Å²) in [4.78, 5) is 16.3. The van der Waals surface area contributed by atoms with Gasteiger partial charge in [-0.05, 0) is 60.7 Å². The van der Waals surface area contributed by atoms with Gasteiger partial charge in [-0.3, -0.25) is 9.78 Å². The Morgan fingerprint density at radius 1 is 1.11 bits per heavy atom. The number of carbonyl (C=O) groups is 1. The van der Waals surface area contributed by atoms with Crippen LogP contribution in [0, 0.1) is 23.0 Å². The number of rotatable bonds is 9. The third-order valence-electron chi connectivity index (χ3n) is 7.19. The summed E-state index contributed by atoms with van der Waals surface area (Å²) in [5.41, 5.74) is 3.17. The van der Waals surface area contributed by atoms with E-state index in [0.29, 0.717) is 16.8 Å². The fourth-order valence-electron chi connectivity index (χ4n) is 5.33. The highest BCUT2D eigenvalue weighted by atomic mass is 19.1. The van der Waals surface area contributed by atoms with Gasteiger partial charge < -0.3 is 15.7 Å². The van der Waals surface area contributed by atoms with Gasteiger partial charge in [-0.15, -0.1) is 0 Å². The van der Waals surface area contributed by atoms with Crippen LogP contribution in [0.15, 0.2) is 60.8 Å². The molecule has 0 aliphatic heterocycles. The average molecular weight is 519 g/mol. The predicted molar refractivity (Wildman–Crippen MR) is 141 cm³/mol. The minimum absolute atomic E-state index is 0.0838. The van der Waals surface area contributed by atoms with E-state index in [1.165, 1.54) is 19.1 Å². The van der Waals surface area contributed by atoms with Crippen LogP contribution in [0.4, 0.5) is 8.78 Å². The number of pyridine rings is 1. The zero-order chi connectivity index (χ0) is 27.1. The molecule has 0 saturated heterocycles. The Bertz CT molecular complexity index is 1300. The lowest BCUT2D eigenvalue weighted by Gasteiger charge is -2.40. The Morgan fingerprint density at radius 2 is 1.84 bits per heavy atom. The van der Waals surface area contributed by atoms with E-state index in [2.05, 4.69) is 33.8 Å². The molecule has 6 nitrogen and oxygen atoms in total. The molecule has 1 aliphatic carbocycles. The second-order valence-corrected chi connectivity index (χ2v) is 10.0. The highest BCUT2D eigenvalue weighted by Crippen LogP contribution is 2.38. The molecule has 8 heteroatoms. The van der Waals surface area contributed by atoms with Crippen molar-refractivity contribution in [3.05, 3.63) is 89.1 Å². The monoisotopic (exact) mass is 518 g/mol. The van der Waals surface area contributed by atoms with E-state index >= 15 is 0 Å². The van der Waals surface area contributed by atoms with Crippen molar-refractivity contribution in [1.29, 1.82) is 5.26 Å². The zero-order valence-corrected chi connectivity index (χ0v) is 21.4. The molecule has 2 atom stereocenters. The lowest BCUT2D eigenvalue weighted by Crippen LogP contribution is -2.53. The first-order chi connectivity index (χ1) is 18.3. The van der Waals surface area contributed by atoms with Crippen molar-refractivity contribution in [3.63, 3.8) is 0 Å². The molecule has 1 aliphatic rings. The van der Waals surface area contributed by atoms with E-state index in [-0.39, 0.29) is 18.9 Å². The van der Waals surface area contributed by atoms with Gasteiger partial charge in [-0.2, -0.15) is 5.26 Å². The zero-order valence-electron chi connectivity index (χ0n) is 21.4. The van der Waals surface area contributed by atoms with Gasteiger partial charge in [0.2, 0.25) is 5.91 Å². The molecule has 1 saturated carbocycles. The molecule has 1 aromatic heterocycles. The van der Waals surface area contributed by atoms with Gasteiger partial charge in [-0.1, -0.05) is 37.5 Å². The van der Waals surface area contributed by atoms with Gasteiger partial charge in [0.25, 0.3) is 0 Å². The molecular weight excluding hydrogens is 486 g/mol. The van der Waals surface area contributed by atoms with Gasteiger partial charge in [-0.25, -0.2) is 8.78 Å². The fraction of sp³-hybridized carbons (Fsp3) is 0.367. The van der Waals surface area contributed by atoms with Crippen LogP contribution in [0.5, 0.6) is 0 Å². The highest BCUT2D eigenvalue weighted by Gasteiger charge is 2.35. The summed E-state index contributed by atoms with van der Waals surface area (Å²) in [5.74, 6) is -1.74. The topological polar surface area (TPSA) is 98.0 Å². The smallest absolute Gasteiger partial charge is 0.217 e. The van der Waals surface area contributed by atoms with Crippen LogP contribution in [0.25, 0.3) is 11.3 Å². The summed E-state index contributed by atoms with van der Waals surface area (Å²) >= 11 is 0. The summed E-state index contributed by atoms with van der Waals surface area (Å²) in [5, 5.41) is 26.7. The average Bonchev–Trinajstić information content (AvgIpc) is 2.91. The van der Waals surface area contributed by atoms with Crippen LogP contribution >= 0.6 is 0 Å². The number of hydrogen-bond acceptors (Lipinski definition) is 5. The summed E-state index contributed by atoms with van der Waals surface area (Å²) in [6.45, 7) is 1.53. The predicted octanol–water partition coefficient (Wildman–Crippen LogP) is 4.76. The van der Waals surface area contributed by atoms with Crippen molar-refractivity contribution in [2.45, 2.75) is 63.1 Å². The number of aliphatic hydroxyl groups excluding tert-OH is 1. The molecular formula is C30H32F2N4O2. The van der Waals surface area contributed by atoms with Crippen LogP contribution in [-0.2, 0) is 16.8 Å². The molecule has 38 heavy (non-hydrogen) atoms. The first kappa shape index (κ1) is 27.4. The van der Waals surface area contributed by atoms with Crippen LogP contribution in [0.1, 0.15) is 55.7 Å². The van der Waals surface area contributed by atoms with E-state index in [9.17, 15) is 23.9 Å². The van der Waals surface area contributed by atoms with E-state index in [0.717, 1.165) is 49.3 Å². The van der Waals surface area contributed by atoms with Crippen LogP contribution in [-0.4, -0.2) is 34.7 Å². The number of nitriles is 1. The Labute approximate surface area is 221 Å². The Hall–Kier alpha value is -3.67. The summed E-state index contributed by atoms with van der Waals surface area (Å²) < 4.78 is 27.5. The van der Waals surface area contributed by atoms with Crippen molar-refractivity contribution in [2.75, 3.05) is 6.54 Å². The molecule has 3 aromatic rings. The normalized spacial score (nSPS) is 16.3. The highest BCUT2D eigenvalue weighted by molar-refractivity contribution is 5.73. The van der Waals surface area contributed by atoms with Crippen LogP contribution in [0.2, 0.25) is 0 Å². The van der Waals surface area contributed by atoms with Crippen molar-refractivity contribution in [1.82, 2.24) is 15.6 Å². The van der Waals surface area contributed by atoms with Gasteiger partial charge in [0.1, 0.15) is 11.6 Å². The van der Waals surface area contributed by atoms with E-state index in [1.54, 1.807) is 18.3 Å². The maximum absolute atomic E-state index is 13.7. The quantitative estimate of drug-likeness (QED) is 0.380. The van der Waals surface area contributed by atoms with E-state index in [4.69, 9.17) is 0 Å². The minimum Gasteiger partial charge on any atom is -0.390 e. The van der Waals surface area contributed by atoms with Gasteiger partial charge in [0, 0.05) is 36.8 Å².